The van der Waals surface area contributed by atoms with Gasteiger partial charge in [-0.2, -0.15) is 0 Å². The van der Waals surface area contributed by atoms with E-state index in [9.17, 15) is 0 Å². The highest BCUT2D eigenvalue weighted by molar-refractivity contribution is 6.32. The Morgan fingerprint density at radius 1 is 1.31 bits per heavy atom. The summed E-state index contributed by atoms with van der Waals surface area (Å²) in [5.74, 6) is 1.29. The van der Waals surface area contributed by atoms with Crippen LogP contribution < -0.4 is 9.47 Å². The van der Waals surface area contributed by atoms with E-state index in [4.69, 9.17) is 25.8 Å². The van der Waals surface area contributed by atoms with Crippen LogP contribution in [0.15, 0.2) is 18.2 Å². The minimum atomic E-state index is 0.211. The first-order chi connectivity index (χ1) is 6.27. The zero-order chi connectivity index (χ0) is 9.68. The second-order valence-corrected chi connectivity index (χ2v) is 2.75. The van der Waals surface area contributed by atoms with Gasteiger partial charge in [-0.3, -0.25) is 0 Å². The van der Waals surface area contributed by atoms with E-state index in [1.165, 1.54) is 0 Å². The van der Waals surface area contributed by atoms with Gasteiger partial charge in [0.1, 0.15) is 11.5 Å². The van der Waals surface area contributed by atoms with Crippen LogP contribution in [-0.2, 0) is 4.74 Å². The van der Waals surface area contributed by atoms with Crippen molar-refractivity contribution in [3.63, 3.8) is 0 Å². The van der Waals surface area contributed by atoms with E-state index in [2.05, 4.69) is 0 Å². The van der Waals surface area contributed by atoms with Crippen molar-refractivity contribution in [3.05, 3.63) is 23.2 Å². The third-order valence-corrected chi connectivity index (χ3v) is 1.76. The average Bonchev–Trinajstić information content (AvgIpc) is 2.15. The Balaban J connectivity index is 2.71. The van der Waals surface area contributed by atoms with Crippen molar-refractivity contribution in [3.8, 4) is 11.5 Å². The largest absolute Gasteiger partial charge is 0.495 e. The number of hydrogen-bond acceptors (Lipinski definition) is 3. The number of rotatable bonds is 4. The summed E-state index contributed by atoms with van der Waals surface area (Å²) in [5, 5.41) is 0.524. The Bertz CT molecular complexity index is 276. The highest BCUT2D eigenvalue weighted by Gasteiger charge is 2.01. The average molecular weight is 203 g/mol. The molecule has 0 bridgehead atoms. The van der Waals surface area contributed by atoms with Crippen LogP contribution in [0.3, 0.4) is 0 Å². The summed E-state index contributed by atoms with van der Waals surface area (Å²) in [4.78, 5) is 0. The lowest BCUT2D eigenvalue weighted by molar-refractivity contribution is 0.0511. The molecule has 4 heteroatoms. The third kappa shape index (κ3) is 2.79. The molecule has 1 aromatic carbocycles. The van der Waals surface area contributed by atoms with Gasteiger partial charge in [-0.15, -0.1) is 0 Å². The van der Waals surface area contributed by atoms with Gasteiger partial charge in [-0.1, -0.05) is 11.6 Å². The van der Waals surface area contributed by atoms with Crippen molar-refractivity contribution >= 4 is 11.6 Å². The van der Waals surface area contributed by atoms with Crippen molar-refractivity contribution in [2.45, 2.75) is 0 Å². The smallest absolute Gasteiger partial charge is 0.188 e. The van der Waals surface area contributed by atoms with Crippen LogP contribution in [0.2, 0.25) is 5.02 Å². The van der Waals surface area contributed by atoms with Crippen molar-refractivity contribution in [1.82, 2.24) is 0 Å². The lowest BCUT2D eigenvalue weighted by Gasteiger charge is -2.07. The summed E-state index contributed by atoms with van der Waals surface area (Å²) in [5.41, 5.74) is 0. The zero-order valence-corrected chi connectivity index (χ0v) is 8.30. The van der Waals surface area contributed by atoms with Gasteiger partial charge < -0.3 is 14.2 Å². The maximum absolute atomic E-state index is 5.86. The molecular weight excluding hydrogens is 192 g/mol. The Morgan fingerprint density at radius 3 is 2.62 bits per heavy atom. The van der Waals surface area contributed by atoms with E-state index in [0.29, 0.717) is 16.5 Å². The van der Waals surface area contributed by atoms with Crippen LogP contribution >= 0.6 is 11.6 Å². The van der Waals surface area contributed by atoms with Gasteiger partial charge in [0.15, 0.2) is 6.79 Å². The first kappa shape index (κ1) is 10.2. The van der Waals surface area contributed by atoms with Crippen LogP contribution in [0.4, 0.5) is 0 Å². The molecule has 0 heterocycles. The fourth-order valence-electron chi connectivity index (χ4n) is 0.864. The highest BCUT2D eigenvalue weighted by atomic mass is 35.5. The number of halogens is 1. The SMILES string of the molecule is COCOc1ccc(OC)c(Cl)c1. The molecule has 0 saturated carbocycles. The predicted octanol–water partition coefficient (Wildman–Crippen LogP) is 2.33. The van der Waals surface area contributed by atoms with Crippen LogP contribution in [0.1, 0.15) is 0 Å². The number of methoxy groups -OCH3 is 2. The van der Waals surface area contributed by atoms with Gasteiger partial charge in [-0.25, -0.2) is 0 Å². The Hall–Kier alpha value is -0.930. The zero-order valence-electron chi connectivity index (χ0n) is 7.54. The Kier molecular flexibility index (Phi) is 3.86. The molecule has 0 aromatic heterocycles. The minimum absolute atomic E-state index is 0.211. The molecule has 0 N–H and O–H groups in total. The molecule has 72 valence electrons. The Labute approximate surface area is 82.2 Å². The van der Waals surface area contributed by atoms with Crippen molar-refractivity contribution in [2.75, 3.05) is 21.0 Å². The Morgan fingerprint density at radius 2 is 2.08 bits per heavy atom. The van der Waals surface area contributed by atoms with Crippen LogP contribution in [0.5, 0.6) is 11.5 Å². The van der Waals surface area contributed by atoms with Crippen molar-refractivity contribution < 1.29 is 14.2 Å². The summed E-state index contributed by atoms with van der Waals surface area (Å²) in [6.45, 7) is 0.211. The van der Waals surface area contributed by atoms with E-state index in [1.807, 2.05) is 0 Å². The molecule has 0 aliphatic heterocycles. The van der Waals surface area contributed by atoms with Crippen molar-refractivity contribution in [2.24, 2.45) is 0 Å². The van der Waals surface area contributed by atoms with Crippen LogP contribution in [0, 0.1) is 0 Å². The van der Waals surface area contributed by atoms with E-state index in [-0.39, 0.29) is 6.79 Å². The third-order valence-electron chi connectivity index (χ3n) is 1.47. The molecule has 0 spiro atoms. The standard InChI is InChI=1S/C9H11ClO3/c1-11-6-13-7-3-4-9(12-2)8(10)5-7/h3-5H,6H2,1-2H3. The molecule has 1 rings (SSSR count). The van der Waals surface area contributed by atoms with Gasteiger partial charge in [0, 0.05) is 13.2 Å². The number of hydrogen-bond donors (Lipinski definition) is 0. The fourth-order valence-corrected chi connectivity index (χ4v) is 1.11. The normalized spacial score (nSPS) is 9.77. The van der Waals surface area contributed by atoms with E-state index in [0.717, 1.165) is 0 Å². The van der Waals surface area contributed by atoms with Gasteiger partial charge >= 0.3 is 0 Å². The van der Waals surface area contributed by atoms with Gasteiger partial charge in [0.25, 0.3) is 0 Å². The van der Waals surface area contributed by atoms with E-state index >= 15 is 0 Å². The van der Waals surface area contributed by atoms with E-state index in [1.54, 1.807) is 32.4 Å². The molecule has 0 amide bonds. The molecule has 1 aromatic rings. The number of benzene rings is 1. The second kappa shape index (κ2) is 4.94. The van der Waals surface area contributed by atoms with Crippen LogP contribution in [-0.4, -0.2) is 21.0 Å². The molecule has 0 atom stereocenters. The summed E-state index contributed by atoms with van der Waals surface area (Å²) in [6, 6.07) is 5.19. The maximum Gasteiger partial charge on any atom is 0.188 e. The van der Waals surface area contributed by atoms with Gasteiger partial charge in [0.05, 0.1) is 12.1 Å². The van der Waals surface area contributed by atoms with Gasteiger partial charge in [0.2, 0.25) is 0 Å². The minimum Gasteiger partial charge on any atom is -0.495 e. The summed E-state index contributed by atoms with van der Waals surface area (Å²) in [6.07, 6.45) is 0. The quantitative estimate of drug-likeness (QED) is 0.702. The van der Waals surface area contributed by atoms with Crippen molar-refractivity contribution in [1.29, 1.82) is 0 Å². The molecule has 0 saturated heterocycles. The highest BCUT2D eigenvalue weighted by Crippen LogP contribution is 2.28. The van der Waals surface area contributed by atoms with Gasteiger partial charge in [-0.05, 0) is 12.1 Å². The summed E-state index contributed by atoms with van der Waals surface area (Å²) in [7, 11) is 3.13. The fraction of sp³-hybridized carbons (Fsp3) is 0.333. The molecule has 0 unspecified atom stereocenters. The van der Waals surface area contributed by atoms with E-state index < -0.39 is 0 Å². The molecule has 3 nitrogen and oxygen atoms in total. The molecule has 13 heavy (non-hydrogen) atoms. The van der Waals surface area contributed by atoms with Crippen LogP contribution in [0.25, 0.3) is 0 Å². The topological polar surface area (TPSA) is 27.7 Å². The maximum atomic E-state index is 5.86. The summed E-state index contributed by atoms with van der Waals surface area (Å²) >= 11 is 5.86. The lowest BCUT2D eigenvalue weighted by atomic mass is 10.3. The molecule has 0 fully saturated rings. The first-order valence-electron chi connectivity index (χ1n) is 3.73. The summed E-state index contributed by atoms with van der Waals surface area (Å²) < 4.78 is 14.9. The molecule has 0 radical (unpaired) electrons. The predicted molar refractivity (Wildman–Crippen MR) is 50.5 cm³/mol. The first-order valence-corrected chi connectivity index (χ1v) is 4.11. The monoisotopic (exact) mass is 202 g/mol. The lowest BCUT2D eigenvalue weighted by Crippen LogP contribution is -1.98. The second-order valence-electron chi connectivity index (χ2n) is 2.35. The number of ether oxygens (including phenoxy) is 3. The molecule has 0 aliphatic rings. The molecule has 0 aliphatic carbocycles. The molecular formula is C9H11ClO3.